The van der Waals surface area contributed by atoms with Crippen LogP contribution in [0.3, 0.4) is 0 Å². The molecule has 1 N–H and O–H groups in total. The minimum Gasteiger partial charge on any atom is -0.474 e. The topological polar surface area (TPSA) is 47.0 Å². The Morgan fingerprint density at radius 2 is 1.95 bits per heavy atom. The molecule has 0 saturated heterocycles. The molecule has 0 radical (unpaired) electrons. The molecule has 118 valence electrons. The standard InChI is InChI=1S/C17H29N3O/c1-5-10-18-16-15(12(2)3)17(20-11-19-16)21-14-8-6-13(4)7-9-14/h11-14H,5-10H2,1-4H3,(H,18,19,20). The monoisotopic (exact) mass is 291 g/mol. The first-order chi connectivity index (χ1) is 10.1. The van der Waals surface area contributed by atoms with Crippen molar-refractivity contribution in [2.75, 3.05) is 11.9 Å². The third-order valence-corrected chi connectivity index (χ3v) is 4.21. The van der Waals surface area contributed by atoms with Gasteiger partial charge in [-0.1, -0.05) is 27.7 Å². The first-order valence-corrected chi connectivity index (χ1v) is 8.37. The summed E-state index contributed by atoms with van der Waals surface area (Å²) in [6.45, 7) is 9.76. The normalized spacial score (nSPS) is 22.3. The van der Waals surface area contributed by atoms with Crippen LogP contribution < -0.4 is 10.1 Å². The number of hydrogen-bond donors (Lipinski definition) is 1. The van der Waals surface area contributed by atoms with Gasteiger partial charge < -0.3 is 10.1 Å². The van der Waals surface area contributed by atoms with Gasteiger partial charge >= 0.3 is 0 Å². The van der Waals surface area contributed by atoms with E-state index in [0.717, 1.165) is 49.0 Å². The summed E-state index contributed by atoms with van der Waals surface area (Å²) in [5, 5.41) is 3.40. The molecule has 0 atom stereocenters. The van der Waals surface area contributed by atoms with E-state index in [1.165, 1.54) is 12.8 Å². The van der Waals surface area contributed by atoms with E-state index in [9.17, 15) is 0 Å². The minimum absolute atomic E-state index is 0.313. The number of hydrogen-bond acceptors (Lipinski definition) is 4. The Balaban J connectivity index is 2.14. The molecule has 0 aliphatic heterocycles. The lowest BCUT2D eigenvalue weighted by atomic mass is 9.89. The number of nitrogens with zero attached hydrogens (tertiary/aromatic N) is 2. The van der Waals surface area contributed by atoms with Crippen LogP contribution in [0.4, 0.5) is 5.82 Å². The highest BCUT2D eigenvalue weighted by Gasteiger charge is 2.23. The number of anilines is 1. The van der Waals surface area contributed by atoms with Gasteiger partial charge in [0.2, 0.25) is 5.88 Å². The Hall–Kier alpha value is -1.32. The molecule has 2 rings (SSSR count). The Labute approximate surface area is 128 Å². The van der Waals surface area contributed by atoms with Crippen molar-refractivity contribution in [1.82, 2.24) is 9.97 Å². The number of rotatable bonds is 6. The van der Waals surface area contributed by atoms with Gasteiger partial charge in [-0.2, -0.15) is 0 Å². The second-order valence-electron chi connectivity index (χ2n) is 6.52. The molecule has 0 spiro atoms. The van der Waals surface area contributed by atoms with Crippen LogP contribution in [0.1, 0.15) is 71.3 Å². The first kappa shape index (κ1) is 16.1. The fraction of sp³-hybridized carbons (Fsp3) is 0.765. The summed E-state index contributed by atoms with van der Waals surface area (Å²) < 4.78 is 6.23. The summed E-state index contributed by atoms with van der Waals surface area (Å²) in [4.78, 5) is 8.81. The molecule has 4 heteroatoms. The van der Waals surface area contributed by atoms with Gasteiger partial charge in [0.05, 0.1) is 5.56 Å². The van der Waals surface area contributed by atoms with E-state index in [-0.39, 0.29) is 0 Å². The van der Waals surface area contributed by atoms with Gasteiger partial charge in [-0.25, -0.2) is 9.97 Å². The summed E-state index contributed by atoms with van der Waals surface area (Å²) >= 11 is 0. The van der Waals surface area contributed by atoms with Crippen molar-refractivity contribution in [2.24, 2.45) is 5.92 Å². The zero-order chi connectivity index (χ0) is 15.2. The third kappa shape index (κ3) is 4.32. The lowest BCUT2D eigenvalue weighted by Gasteiger charge is -2.28. The van der Waals surface area contributed by atoms with Crippen LogP contribution in [0.2, 0.25) is 0 Å². The van der Waals surface area contributed by atoms with Gasteiger partial charge in [0.25, 0.3) is 0 Å². The summed E-state index contributed by atoms with van der Waals surface area (Å²) in [5.74, 6) is 2.89. The lowest BCUT2D eigenvalue weighted by molar-refractivity contribution is 0.128. The summed E-state index contributed by atoms with van der Waals surface area (Å²) in [5.41, 5.74) is 1.12. The molecule has 1 heterocycles. The molecule has 0 aromatic carbocycles. The Bertz CT molecular complexity index is 440. The van der Waals surface area contributed by atoms with Gasteiger partial charge in [0.15, 0.2) is 0 Å². The van der Waals surface area contributed by atoms with Crippen molar-refractivity contribution in [1.29, 1.82) is 0 Å². The van der Waals surface area contributed by atoms with Crippen LogP contribution in [0, 0.1) is 5.92 Å². The Morgan fingerprint density at radius 1 is 1.24 bits per heavy atom. The molecule has 1 saturated carbocycles. The molecule has 1 aliphatic carbocycles. The van der Waals surface area contributed by atoms with Crippen LogP contribution in [0.25, 0.3) is 0 Å². The van der Waals surface area contributed by atoms with Crippen LogP contribution >= 0.6 is 0 Å². The maximum Gasteiger partial charge on any atom is 0.222 e. The van der Waals surface area contributed by atoms with Crippen LogP contribution in [0.5, 0.6) is 5.88 Å². The van der Waals surface area contributed by atoms with Crippen molar-refractivity contribution >= 4 is 5.82 Å². The fourth-order valence-corrected chi connectivity index (χ4v) is 2.88. The fourth-order valence-electron chi connectivity index (χ4n) is 2.88. The summed E-state index contributed by atoms with van der Waals surface area (Å²) in [6, 6.07) is 0. The number of nitrogens with one attached hydrogen (secondary N) is 1. The maximum absolute atomic E-state index is 6.23. The second kappa shape index (κ2) is 7.62. The molecule has 21 heavy (non-hydrogen) atoms. The van der Waals surface area contributed by atoms with Gasteiger partial charge in [-0.05, 0) is 43.9 Å². The van der Waals surface area contributed by atoms with Crippen LogP contribution in [-0.2, 0) is 0 Å². The van der Waals surface area contributed by atoms with Gasteiger partial charge in [-0.3, -0.25) is 0 Å². The molecule has 1 fully saturated rings. The van der Waals surface area contributed by atoms with Crippen LogP contribution in [0.15, 0.2) is 6.33 Å². The van der Waals surface area contributed by atoms with E-state index >= 15 is 0 Å². The largest absolute Gasteiger partial charge is 0.474 e. The third-order valence-electron chi connectivity index (χ3n) is 4.21. The summed E-state index contributed by atoms with van der Waals surface area (Å²) in [6.07, 6.45) is 7.80. The highest BCUT2D eigenvalue weighted by atomic mass is 16.5. The van der Waals surface area contributed by atoms with Gasteiger partial charge in [-0.15, -0.1) is 0 Å². The van der Waals surface area contributed by atoms with Crippen molar-refractivity contribution in [3.8, 4) is 5.88 Å². The van der Waals surface area contributed by atoms with E-state index in [0.29, 0.717) is 12.0 Å². The smallest absolute Gasteiger partial charge is 0.222 e. The van der Waals surface area contributed by atoms with Crippen molar-refractivity contribution < 1.29 is 4.74 Å². The molecule has 4 nitrogen and oxygen atoms in total. The number of aromatic nitrogens is 2. The van der Waals surface area contributed by atoms with Gasteiger partial charge in [0, 0.05) is 6.54 Å². The minimum atomic E-state index is 0.313. The molecular weight excluding hydrogens is 262 g/mol. The molecular formula is C17H29N3O. The molecule has 0 amide bonds. The molecule has 1 aromatic rings. The number of ether oxygens (including phenoxy) is 1. The second-order valence-corrected chi connectivity index (χ2v) is 6.52. The molecule has 1 aliphatic rings. The van der Waals surface area contributed by atoms with Crippen LogP contribution in [-0.4, -0.2) is 22.6 Å². The highest BCUT2D eigenvalue weighted by molar-refractivity contribution is 5.50. The maximum atomic E-state index is 6.23. The Kier molecular flexibility index (Phi) is 5.83. The molecule has 1 aromatic heterocycles. The van der Waals surface area contributed by atoms with Crippen molar-refractivity contribution in [2.45, 2.75) is 71.8 Å². The SMILES string of the molecule is CCCNc1ncnc(OC2CCC(C)CC2)c1C(C)C. The molecule has 0 bridgehead atoms. The average Bonchev–Trinajstić information content (AvgIpc) is 2.47. The van der Waals surface area contributed by atoms with Crippen molar-refractivity contribution in [3.05, 3.63) is 11.9 Å². The molecule has 0 unspecified atom stereocenters. The van der Waals surface area contributed by atoms with Crippen molar-refractivity contribution in [3.63, 3.8) is 0 Å². The quantitative estimate of drug-likeness (QED) is 0.845. The predicted molar refractivity (Wildman–Crippen MR) is 86.9 cm³/mol. The van der Waals surface area contributed by atoms with Gasteiger partial charge in [0.1, 0.15) is 18.2 Å². The van der Waals surface area contributed by atoms with E-state index in [2.05, 4.69) is 43.0 Å². The highest BCUT2D eigenvalue weighted by Crippen LogP contribution is 2.33. The average molecular weight is 291 g/mol. The zero-order valence-corrected chi connectivity index (χ0v) is 13.9. The van der Waals surface area contributed by atoms with E-state index < -0.39 is 0 Å². The Morgan fingerprint density at radius 3 is 2.57 bits per heavy atom. The lowest BCUT2D eigenvalue weighted by Crippen LogP contribution is -2.24. The van der Waals surface area contributed by atoms with E-state index in [4.69, 9.17) is 4.74 Å². The zero-order valence-electron chi connectivity index (χ0n) is 13.9. The van der Waals surface area contributed by atoms with E-state index in [1.807, 2.05) is 0 Å². The predicted octanol–water partition coefficient (Wildman–Crippen LogP) is 4.38. The van der Waals surface area contributed by atoms with E-state index in [1.54, 1.807) is 6.33 Å². The summed E-state index contributed by atoms with van der Waals surface area (Å²) in [7, 11) is 0. The first-order valence-electron chi connectivity index (χ1n) is 8.37.